The van der Waals surface area contributed by atoms with Crippen LogP contribution in [0, 0.1) is 0 Å². The molecule has 0 aliphatic carbocycles. The second kappa shape index (κ2) is 6.28. The maximum absolute atomic E-state index is 11.8. The van der Waals surface area contributed by atoms with Crippen LogP contribution in [0.3, 0.4) is 0 Å². The van der Waals surface area contributed by atoms with Crippen molar-refractivity contribution in [2.24, 2.45) is 0 Å². The van der Waals surface area contributed by atoms with Crippen LogP contribution in [-0.4, -0.2) is 13.4 Å². The molecule has 0 unspecified atom stereocenters. The Morgan fingerprint density at radius 2 is 1.52 bits per heavy atom. The van der Waals surface area contributed by atoms with E-state index in [0.717, 1.165) is 4.47 Å². The van der Waals surface area contributed by atoms with Gasteiger partial charge in [-0.3, -0.25) is 0 Å². The molecule has 0 saturated heterocycles. The van der Waals surface area contributed by atoms with Crippen molar-refractivity contribution in [1.82, 2.24) is 4.98 Å². The zero-order chi connectivity index (χ0) is 16.6. The summed E-state index contributed by atoms with van der Waals surface area (Å²) in [5.41, 5.74) is 1.15. The van der Waals surface area contributed by atoms with Gasteiger partial charge in [0, 0.05) is 31.3 Å². The Labute approximate surface area is 150 Å². The zero-order valence-electron chi connectivity index (χ0n) is 11.3. The molecule has 0 aliphatic rings. The number of oxazole rings is 1. The fourth-order valence-electron chi connectivity index (χ4n) is 1.97. The highest BCUT2D eigenvalue weighted by Gasteiger charge is 2.25. The maximum atomic E-state index is 11.8. The van der Waals surface area contributed by atoms with Crippen molar-refractivity contribution in [3.63, 3.8) is 0 Å². The lowest BCUT2D eigenvalue weighted by Crippen LogP contribution is -1.93. The summed E-state index contributed by atoms with van der Waals surface area (Å²) in [6, 6.07) is 13.7. The predicted molar refractivity (Wildman–Crippen MR) is 93.1 cm³/mol. The number of rotatable bonds is 3. The molecule has 23 heavy (non-hydrogen) atoms. The molecule has 0 amide bonds. The van der Waals surface area contributed by atoms with E-state index in [0.29, 0.717) is 16.1 Å². The fourth-order valence-corrected chi connectivity index (χ4v) is 3.25. The van der Waals surface area contributed by atoms with Gasteiger partial charge in [0.25, 0.3) is 9.05 Å². The molecule has 3 aromatic rings. The van der Waals surface area contributed by atoms with Gasteiger partial charge in [-0.2, -0.15) is 4.98 Å². The largest absolute Gasteiger partial charge is 0.435 e. The highest BCUT2D eigenvalue weighted by molar-refractivity contribution is 9.10. The van der Waals surface area contributed by atoms with E-state index >= 15 is 0 Å². The first-order valence-corrected chi connectivity index (χ1v) is 9.80. The molecule has 0 saturated carbocycles. The van der Waals surface area contributed by atoms with Crippen LogP contribution in [0.2, 0.25) is 5.02 Å². The summed E-state index contributed by atoms with van der Waals surface area (Å²) < 4.78 is 30.1. The number of benzene rings is 2. The van der Waals surface area contributed by atoms with Crippen LogP contribution in [0.15, 0.2) is 62.4 Å². The van der Waals surface area contributed by atoms with E-state index in [4.69, 9.17) is 26.7 Å². The normalized spacial score (nSPS) is 11.6. The van der Waals surface area contributed by atoms with E-state index in [1.165, 1.54) is 0 Å². The number of halogens is 3. The fraction of sp³-hybridized carbons (Fsp3) is 0. The molecule has 1 aromatic heterocycles. The lowest BCUT2D eigenvalue weighted by Gasteiger charge is -1.99. The Balaban J connectivity index is 2.18. The Morgan fingerprint density at radius 3 is 2.09 bits per heavy atom. The summed E-state index contributed by atoms with van der Waals surface area (Å²) in [5, 5.41) is 0.205. The van der Waals surface area contributed by atoms with E-state index in [1.54, 1.807) is 48.5 Å². The quantitative estimate of drug-likeness (QED) is 0.523. The molecule has 0 spiro atoms. The highest BCUT2D eigenvalue weighted by atomic mass is 79.9. The van der Waals surface area contributed by atoms with Crippen LogP contribution in [-0.2, 0) is 9.05 Å². The maximum Gasteiger partial charge on any atom is 0.282 e. The van der Waals surface area contributed by atoms with Gasteiger partial charge in [-0.25, -0.2) is 8.42 Å². The number of aromatic nitrogens is 1. The second-order valence-electron chi connectivity index (χ2n) is 4.60. The lowest BCUT2D eigenvalue weighted by atomic mass is 10.2. The number of hydrogen-bond donors (Lipinski definition) is 0. The van der Waals surface area contributed by atoms with Gasteiger partial charge in [-0.05, 0) is 48.5 Å². The average molecular weight is 433 g/mol. The third-order valence-corrected chi connectivity index (χ3v) is 4.98. The molecule has 0 N–H and O–H groups in total. The molecule has 0 atom stereocenters. The molecule has 118 valence electrons. The van der Waals surface area contributed by atoms with Crippen molar-refractivity contribution in [3.05, 3.63) is 58.0 Å². The van der Waals surface area contributed by atoms with Gasteiger partial charge in [0.15, 0.2) is 5.76 Å². The molecule has 0 fully saturated rings. The van der Waals surface area contributed by atoms with Gasteiger partial charge in [0.1, 0.15) is 0 Å². The first kappa shape index (κ1) is 16.5. The van der Waals surface area contributed by atoms with Gasteiger partial charge in [-0.15, -0.1) is 0 Å². The van der Waals surface area contributed by atoms with E-state index in [-0.39, 0.29) is 16.7 Å². The van der Waals surface area contributed by atoms with E-state index in [9.17, 15) is 8.42 Å². The van der Waals surface area contributed by atoms with Crippen LogP contribution < -0.4 is 0 Å². The molecule has 3 rings (SSSR count). The third-order valence-electron chi connectivity index (χ3n) is 3.02. The first-order valence-electron chi connectivity index (χ1n) is 6.32. The number of hydrogen-bond acceptors (Lipinski definition) is 4. The average Bonchev–Trinajstić information content (AvgIpc) is 2.94. The molecule has 2 aromatic carbocycles. The summed E-state index contributed by atoms with van der Waals surface area (Å²) in [6.45, 7) is 0. The van der Waals surface area contributed by atoms with E-state index in [2.05, 4.69) is 20.9 Å². The first-order chi connectivity index (χ1) is 10.8. The summed E-state index contributed by atoms with van der Waals surface area (Å²) in [6.07, 6.45) is 0. The van der Waals surface area contributed by atoms with Gasteiger partial charge in [0.2, 0.25) is 10.9 Å². The molecule has 0 aliphatic heterocycles. The van der Waals surface area contributed by atoms with E-state index < -0.39 is 9.05 Å². The summed E-state index contributed by atoms with van der Waals surface area (Å²) in [5.74, 6) is 0.247. The molecule has 8 heteroatoms. The minimum absolute atomic E-state index is 0.0783. The van der Waals surface area contributed by atoms with Gasteiger partial charge in [0.05, 0.1) is 0 Å². The van der Waals surface area contributed by atoms with Crippen molar-refractivity contribution >= 4 is 47.3 Å². The van der Waals surface area contributed by atoms with Crippen molar-refractivity contribution in [1.29, 1.82) is 0 Å². The topological polar surface area (TPSA) is 60.2 Å². The molecule has 4 nitrogen and oxygen atoms in total. The molecule has 0 radical (unpaired) electrons. The third kappa shape index (κ3) is 3.61. The van der Waals surface area contributed by atoms with Crippen molar-refractivity contribution in [2.45, 2.75) is 5.03 Å². The highest BCUT2D eigenvalue weighted by Crippen LogP contribution is 2.34. The van der Waals surface area contributed by atoms with Gasteiger partial charge >= 0.3 is 0 Å². The summed E-state index contributed by atoms with van der Waals surface area (Å²) in [4.78, 5) is 4.05. The Morgan fingerprint density at radius 1 is 0.957 bits per heavy atom. The Hall–Kier alpha value is -1.34. The van der Waals surface area contributed by atoms with E-state index in [1.807, 2.05) is 0 Å². The minimum Gasteiger partial charge on any atom is -0.435 e. The van der Waals surface area contributed by atoms with Crippen LogP contribution in [0.25, 0.3) is 22.8 Å². The monoisotopic (exact) mass is 431 g/mol. The standard InChI is InChI=1S/C15H8BrCl2NO3S/c16-11-5-1-10(2-6-11)14-19-15(23(18,20)21)13(22-14)9-3-7-12(17)8-4-9/h1-8H. The van der Waals surface area contributed by atoms with Crippen LogP contribution in [0.4, 0.5) is 0 Å². The van der Waals surface area contributed by atoms with Crippen molar-refractivity contribution in [3.8, 4) is 22.8 Å². The predicted octanol–water partition coefficient (Wildman–Crippen LogP) is 5.35. The molecule has 1 heterocycles. The second-order valence-corrected chi connectivity index (χ2v) is 8.44. The van der Waals surface area contributed by atoms with Crippen LogP contribution in [0.1, 0.15) is 0 Å². The van der Waals surface area contributed by atoms with Gasteiger partial charge < -0.3 is 4.42 Å². The molecular formula is C15H8BrCl2NO3S. The SMILES string of the molecule is O=S(=O)(Cl)c1nc(-c2ccc(Br)cc2)oc1-c1ccc(Cl)cc1. The van der Waals surface area contributed by atoms with Crippen LogP contribution in [0.5, 0.6) is 0 Å². The Bertz CT molecular complexity index is 951. The zero-order valence-corrected chi connectivity index (χ0v) is 15.2. The van der Waals surface area contributed by atoms with Gasteiger partial charge in [-0.1, -0.05) is 27.5 Å². The summed E-state index contributed by atoms with van der Waals surface area (Å²) >= 11 is 9.18. The number of nitrogens with zero attached hydrogens (tertiary/aromatic N) is 1. The Kier molecular flexibility index (Phi) is 4.51. The van der Waals surface area contributed by atoms with Crippen molar-refractivity contribution in [2.75, 3.05) is 0 Å². The minimum atomic E-state index is -4.06. The summed E-state index contributed by atoms with van der Waals surface area (Å²) in [7, 11) is 1.43. The smallest absolute Gasteiger partial charge is 0.282 e. The lowest BCUT2D eigenvalue weighted by molar-refractivity contribution is 0.583. The molecule has 0 bridgehead atoms. The molecular weight excluding hydrogens is 425 g/mol. The van der Waals surface area contributed by atoms with Crippen molar-refractivity contribution < 1.29 is 12.8 Å². The van der Waals surface area contributed by atoms with Crippen LogP contribution >= 0.6 is 38.2 Å².